The average Bonchev–Trinajstić information content (AvgIpc) is 2.74. The molecule has 0 radical (unpaired) electrons. The van der Waals surface area contributed by atoms with Crippen molar-refractivity contribution in [1.29, 1.82) is 0 Å². The van der Waals surface area contributed by atoms with Gasteiger partial charge in [-0.1, -0.05) is 30.3 Å². The lowest BCUT2D eigenvalue weighted by molar-refractivity contribution is -0.145. The Morgan fingerprint density at radius 2 is 1.65 bits per heavy atom. The normalized spacial score (nSPS) is 9.87. The van der Waals surface area contributed by atoms with Gasteiger partial charge in [-0.2, -0.15) is 0 Å². The van der Waals surface area contributed by atoms with E-state index in [0.29, 0.717) is 11.1 Å². The zero-order valence-corrected chi connectivity index (χ0v) is 17.7. The second-order valence-electron chi connectivity index (χ2n) is 6.06. The summed E-state index contributed by atoms with van der Waals surface area (Å²) in [7, 11) is 1.18. The third kappa shape index (κ3) is 7.19. The summed E-state index contributed by atoms with van der Waals surface area (Å²) in [5.41, 5.74) is 1.27. The maximum absolute atomic E-state index is 12.8. The highest BCUT2D eigenvalue weighted by molar-refractivity contribution is 7.80. The minimum absolute atomic E-state index is 0.114. The standard InChI is InChI=1S/C21H21N3O6S/c1-3-30-18(26)12-17(25)22-15-10-9-14(19(27)13-7-5-4-6-8-13)11-16(15)23-20(31)24-21(28)29-2/h4-11H,3,12H2,1-2H3,(H,22,25)(H2,23,24,28,31). The molecule has 9 nitrogen and oxygen atoms in total. The first kappa shape index (κ1) is 23.5. The summed E-state index contributed by atoms with van der Waals surface area (Å²) in [6.07, 6.45) is -1.27. The molecule has 0 spiro atoms. The fourth-order valence-corrected chi connectivity index (χ4v) is 2.68. The van der Waals surface area contributed by atoms with E-state index in [2.05, 4.69) is 20.7 Å². The summed E-state index contributed by atoms with van der Waals surface area (Å²) < 4.78 is 9.25. The monoisotopic (exact) mass is 443 g/mol. The fraction of sp³-hybridized carbons (Fsp3) is 0.190. The number of benzene rings is 2. The number of amides is 2. The molecular formula is C21H21N3O6S. The van der Waals surface area contributed by atoms with Crippen molar-refractivity contribution in [1.82, 2.24) is 5.32 Å². The lowest BCUT2D eigenvalue weighted by Crippen LogP contribution is -2.34. The van der Waals surface area contributed by atoms with Gasteiger partial charge in [0.25, 0.3) is 0 Å². The molecule has 0 aromatic heterocycles. The highest BCUT2D eigenvalue weighted by Gasteiger charge is 2.16. The topological polar surface area (TPSA) is 123 Å². The summed E-state index contributed by atoms with van der Waals surface area (Å²) in [5.74, 6) is -1.54. The number of carbonyl (C=O) groups is 4. The van der Waals surface area contributed by atoms with Crippen molar-refractivity contribution < 1.29 is 28.7 Å². The van der Waals surface area contributed by atoms with Crippen molar-refractivity contribution in [3.63, 3.8) is 0 Å². The van der Waals surface area contributed by atoms with E-state index in [9.17, 15) is 19.2 Å². The first-order valence-corrected chi connectivity index (χ1v) is 9.60. The van der Waals surface area contributed by atoms with Gasteiger partial charge in [-0.25, -0.2) is 4.79 Å². The van der Waals surface area contributed by atoms with Gasteiger partial charge in [-0.05, 0) is 37.3 Å². The fourth-order valence-electron chi connectivity index (χ4n) is 2.49. The van der Waals surface area contributed by atoms with Crippen LogP contribution in [0.25, 0.3) is 0 Å². The predicted molar refractivity (Wildman–Crippen MR) is 118 cm³/mol. The van der Waals surface area contributed by atoms with Gasteiger partial charge >= 0.3 is 12.1 Å². The molecule has 10 heteroatoms. The minimum Gasteiger partial charge on any atom is -0.466 e. The number of hydrogen-bond donors (Lipinski definition) is 3. The number of rotatable bonds is 7. The molecule has 31 heavy (non-hydrogen) atoms. The zero-order chi connectivity index (χ0) is 22.8. The Labute approximate surface area is 184 Å². The van der Waals surface area contributed by atoms with Crippen molar-refractivity contribution in [3.8, 4) is 0 Å². The van der Waals surface area contributed by atoms with Crippen LogP contribution in [-0.2, 0) is 19.1 Å². The predicted octanol–water partition coefficient (Wildman–Crippen LogP) is 2.86. The van der Waals surface area contributed by atoms with Crippen LogP contribution in [0.1, 0.15) is 29.3 Å². The van der Waals surface area contributed by atoms with Crippen molar-refractivity contribution in [2.45, 2.75) is 13.3 Å². The number of ether oxygens (including phenoxy) is 2. The highest BCUT2D eigenvalue weighted by Crippen LogP contribution is 2.25. The second-order valence-corrected chi connectivity index (χ2v) is 6.46. The number of anilines is 2. The van der Waals surface area contributed by atoms with Gasteiger partial charge in [-0.3, -0.25) is 19.7 Å². The largest absolute Gasteiger partial charge is 0.466 e. The lowest BCUT2D eigenvalue weighted by atomic mass is 10.0. The van der Waals surface area contributed by atoms with E-state index in [0.717, 1.165) is 0 Å². The third-order valence-corrected chi connectivity index (χ3v) is 4.06. The molecule has 2 amide bonds. The van der Waals surface area contributed by atoms with E-state index in [-0.39, 0.29) is 28.9 Å². The number of esters is 1. The molecule has 2 rings (SSSR count). The Morgan fingerprint density at radius 1 is 0.935 bits per heavy atom. The van der Waals surface area contributed by atoms with Crippen LogP contribution >= 0.6 is 12.2 Å². The number of alkyl carbamates (subject to hydrolysis) is 1. The van der Waals surface area contributed by atoms with Crippen LogP contribution in [-0.4, -0.2) is 42.6 Å². The molecule has 0 aliphatic carbocycles. The molecule has 2 aromatic carbocycles. The van der Waals surface area contributed by atoms with Gasteiger partial charge in [0, 0.05) is 11.1 Å². The van der Waals surface area contributed by atoms with Crippen molar-refractivity contribution in [3.05, 3.63) is 59.7 Å². The average molecular weight is 443 g/mol. The molecule has 0 bridgehead atoms. The maximum atomic E-state index is 12.8. The van der Waals surface area contributed by atoms with Gasteiger partial charge in [0.15, 0.2) is 10.9 Å². The number of nitrogens with one attached hydrogen (secondary N) is 3. The van der Waals surface area contributed by atoms with E-state index in [1.165, 1.54) is 25.3 Å². The number of thiocarbonyl (C=S) groups is 1. The van der Waals surface area contributed by atoms with E-state index in [1.807, 2.05) is 0 Å². The molecule has 0 fully saturated rings. The summed E-state index contributed by atoms with van der Waals surface area (Å²) in [4.78, 5) is 47.8. The molecule has 0 aliphatic heterocycles. The second kappa shape index (κ2) is 11.4. The molecule has 0 aliphatic rings. The summed E-state index contributed by atoms with van der Waals surface area (Å²) >= 11 is 5.06. The Bertz CT molecular complexity index is 994. The Balaban J connectivity index is 2.29. The molecule has 0 unspecified atom stereocenters. The van der Waals surface area contributed by atoms with Gasteiger partial charge < -0.3 is 20.1 Å². The molecule has 162 valence electrons. The van der Waals surface area contributed by atoms with E-state index in [4.69, 9.17) is 17.0 Å². The quantitative estimate of drug-likeness (QED) is 0.258. The number of hydrogen-bond acceptors (Lipinski definition) is 7. The number of ketones is 1. The maximum Gasteiger partial charge on any atom is 0.413 e. The molecule has 0 atom stereocenters. The van der Waals surface area contributed by atoms with E-state index >= 15 is 0 Å². The molecule has 0 saturated heterocycles. The van der Waals surface area contributed by atoms with Gasteiger partial charge in [0.2, 0.25) is 5.91 Å². The Kier molecular flexibility index (Phi) is 8.64. The van der Waals surface area contributed by atoms with Crippen LogP contribution in [0, 0.1) is 0 Å². The van der Waals surface area contributed by atoms with Gasteiger partial charge in [0.1, 0.15) is 6.42 Å². The Morgan fingerprint density at radius 3 is 2.29 bits per heavy atom. The molecule has 0 saturated carbocycles. The molecule has 3 N–H and O–H groups in total. The first-order chi connectivity index (χ1) is 14.8. The van der Waals surface area contributed by atoms with Crippen LogP contribution in [0.15, 0.2) is 48.5 Å². The van der Waals surface area contributed by atoms with Crippen LogP contribution in [0.5, 0.6) is 0 Å². The number of methoxy groups -OCH3 is 1. The Hall–Kier alpha value is -3.79. The SMILES string of the molecule is CCOC(=O)CC(=O)Nc1ccc(C(=O)c2ccccc2)cc1NC(=S)NC(=O)OC. The summed E-state index contributed by atoms with van der Waals surface area (Å²) in [6.45, 7) is 1.79. The van der Waals surface area contributed by atoms with Crippen molar-refractivity contribution in [2.75, 3.05) is 24.4 Å². The summed E-state index contributed by atoms with van der Waals surface area (Å²) in [5, 5.41) is 7.47. The van der Waals surface area contributed by atoms with E-state index in [1.54, 1.807) is 37.3 Å². The minimum atomic E-state index is -0.790. The van der Waals surface area contributed by atoms with E-state index < -0.39 is 24.4 Å². The van der Waals surface area contributed by atoms with Crippen molar-refractivity contribution >= 4 is 52.5 Å². The molecular weight excluding hydrogens is 422 g/mol. The van der Waals surface area contributed by atoms with Gasteiger partial charge in [0.05, 0.1) is 25.1 Å². The first-order valence-electron chi connectivity index (χ1n) is 9.19. The van der Waals surface area contributed by atoms with Crippen LogP contribution in [0.4, 0.5) is 16.2 Å². The molecule has 2 aromatic rings. The van der Waals surface area contributed by atoms with Crippen LogP contribution in [0.3, 0.4) is 0 Å². The van der Waals surface area contributed by atoms with Crippen molar-refractivity contribution in [2.24, 2.45) is 0 Å². The lowest BCUT2D eigenvalue weighted by Gasteiger charge is -2.15. The summed E-state index contributed by atoms with van der Waals surface area (Å²) in [6, 6.07) is 13.1. The van der Waals surface area contributed by atoms with Crippen LogP contribution in [0.2, 0.25) is 0 Å². The zero-order valence-electron chi connectivity index (χ0n) is 16.9. The molecule has 0 heterocycles. The van der Waals surface area contributed by atoms with Gasteiger partial charge in [-0.15, -0.1) is 0 Å². The smallest absolute Gasteiger partial charge is 0.413 e. The van der Waals surface area contributed by atoms with Crippen LogP contribution < -0.4 is 16.0 Å². The highest BCUT2D eigenvalue weighted by atomic mass is 32.1. The third-order valence-electron chi connectivity index (χ3n) is 3.85. The number of carbonyl (C=O) groups excluding carboxylic acids is 4.